The van der Waals surface area contributed by atoms with Gasteiger partial charge in [-0.1, -0.05) is 23.4 Å². The summed E-state index contributed by atoms with van der Waals surface area (Å²) in [5.74, 6) is -0.476. The molecule has 1 unspecified atom stereocenters. The van der Waals surface area contributed by atoms with Gasteiger partial charge < -0.3 is 10.1 Å². The van der Waals surface area contributed by atoms with Gasteiger partial charge in [0.1, 0.15) is 0 Å². The molecule has 1 fully saturated rings. The van der Waals surface area contributed by atoms with Gasteiger partial charge >= 0.3 is 5.69 Å². The minimum atomic E-state index is -0.575. The third-order valence-electron chi connectivity index (χ3n) is 3.90. The molecule has 10 nitrogen and oxygen atoms in total. The van der Waals surface area contributed by atoms with Crippen LogP contribution in [0.25, 0.3) is 0 Å². The van der Waals surface area contributed by atoms with Crippen LogP contribution in [0.15, 0.2) is 28.2 Å². The van der Waals surface area contributed by atoms with E-state index in [4.69, 9.17) is 16.3 Å². The molecule has 1 aromatic carbocycles. The van der Waals surface area contributed by atoms with Gasteiger partial charge in [-0.3, -0.25) is 19.5 Å². The number of anilines is 1. The van der Waals surface area contributed by atoms with Crippen molar-refractivity contribution in [3.05, 3.63) is 43.8 Å². The van der Waals surface area contributed by atoms with E-state index in [-0.39, 0.29) is 33.9 Å². The van der Waals surface area contributed by atoms with E-state index in [1.165, 1.54) is 22.8 Å². The average molecular weight is 414 g/mol. The molecule has 0 aliphatic carbocycles. The van der Waals surface area contributed by atoms with E-state index in [0.717, 1.165) is 24.6 Å². The summed E-state index contributed by atoms with van der Waals surface area (Å²) < 4.78 is 6.96. The highest BCUT2D eigenvalue weighted by Gasteiger charge is 2.20. The van der Waals surface area contributed by atoms with Crippen molar-refractivity contribution in [3.8, 4) is 0 Å². The lowest BCUT2D eigenvalue weighted by atomic mass is 10.2. The van der Waals surface area contributed by atoms with Crippen molar-refractivity contribution < 1.29 is 14.5 Å². The molecule has 27 heavy (non-hydrogen) atoms. The van der Waals surface area contributed by atoms with Gasteiger partial charge in [0, 0.05) is 18.7 Å². The Bertz CT molecular complexity index is 908. The third kappa shape index (κ3) is 4.87. The van der Waals surface area contributed by atoms with Crippen LogP contribution in [0.3, 0.4) is 0 Å². The fourth-order valence-electron chi connectivity index (χ4n) is 2.61. The van der Waals surface area contributed by atoms with Gasteiger partial charge in [0.15, 0.2) is 5.16 Å². The number of hydrogen-bond donors (Lipinski definition) is 2. The summed E-state index contributed by atoms with van der Waals surface area (Å²) in [6.45, 7) is 1.04. The zero-order chi connectivity index (χ0) is 19.4. The highest BCUT2D eigenvalue weighted by atomic mass is 35.5. The molecule has 1 aromatic heterocycles. The predicted molar refractivity (Wildman–Crippen MR) is 99.3 cm³/mol. The van der Waals surface area contributed by atoms with E-state index in [9.17, 15) is 19.7 Å². The minimum Gasteiger partial charge on any atom is -0.376 e. The number of nitro groups is 1. The van der Waals surface area contributed by atoms with Crippen LogP contribution in [-0.2, 0) is 16.1 Å². The Morgan fingerprint density at radius 1 is 1.56 bits per heavy atom. The van der Waals surface area contributed by atoms with E-state index < -0.39 is 10.8 Å². The first-order valence-corrected chi connectivity index (χ1v) is 9.44. The molecule has 0 radical (unpaired) electrons. The second kappa shape index (κ2) is 8.55. The summed E-state index contributed by atoms with van der Waals surface area (Å²) >= 11 is 7.04. The van der Waals surface area contributed by atoms with Gasteiger partial charge in [0.25, 0.3) is 5.69 Å². The summed E-state index contributed by atoms with van der Waals surface area (Å²) in [7, 11) is 0. The van der Waals surface area contributed by atoms with Gasteiger partial charge in [-0.25, -0.2) is 9.89 Å². The van der Waals surface area contributed by atoms with E-state index in [0.29, 0.717) is 18.3 Å². The second-order valence-electron chi connectivity index (χ2n) is 5.82. The molecular weight excluding hydrogens is 398 g/mol. The van der Waals surface area contributed by atoms with E-state index in [2.05, 4.69) is 15.5 Å². The van der Waals surface area contributed by atoms with Crippen LogP contribution in [0.5, 0.6) is 0 Å². The molecule has 2 aromatic rings. The Morgan fingerprint density at radius 3 is 3.07 bits per heavy atom. The molecule has 12 heteroatoms. The average Bonchev–Trinajstić information content (AvgIpc) is 3.26. The monoisotopic (exact) mass is 413 g/mol. The number of aromatic amines is 1. The zero-order valence-electron chi connectivity index (χ0n) is 14.0. The van der Waals surface area contributed by atoms with Crippen LogP contribution >= 0.6 is 23.4 Å². The molecular formula is C15H16ClN5O5S. The predicted octanol–water partition coefficient (Wildman–Crippen LogP) is 2.04. The van der Waals surface area contributed by atoms with Gasteiger partial charge in [-0.05, 0) is 18.9 Å². The van der Waals surface area contributed by atoms with Crippen molar-refractivity contribution >= 4 is 40.6 Å². The number of non-ortho nitro benzene ring substituents is 1. The van der Waals surface area contributed by atoms with E-state index >= 15 is 0 Å². The lowest BCUT2D eigenvalue weighted by molar-refractivity contribution is -0.384. The van der Waals surface area contributed by atoms with Crippen LogP contribution in [-0.4, -0.2) is 44.1 Å². The quantitative estimate of drug-likeness (QED) is 0.403. The normalized spacial score (nSPS) is 16.4. The lowest BCUT2D eigenvalue weighted by Crippen LogP contribution is -2.25. The first-order chi connectivity index (χ1) is 12.9. The van der Waals surface area contributed by atoms with Crippen molar-refractivity contribution in [2.45, 2.75) is 30.6 Å². The zero-order valence-corrected chi connectivity index (χ0v) is 15.6. The highest BCUT2D eigenvalue weighted by Crippen LogP contribution is 2.27. The number of benzene rings is 1. The summed E-state index contributed by atoms with van der Waals surface area (Å²) in [6.07, 6.45) is 1.77. The Morgan fingerprint density at radius 2 is 2.37 bits per heavy atom. The fourth-order valence-corrected chi connectivity index (χ4v) is 3.53. The molecule has 1 atom stereocenters. The standard InChI is InChI=1S/C15H16ClN5O5S/c16-11-4-3-9(21(24)25)6-12(11)17-13(22)8-27-15-19-18-14(23)20(15)7-10-2-1-5-26-10/h3-4,6,10H,1-2,5,7-8H2,(H,17,22)(H,18,23). The van der Waals surface area contributed by atoms with Gasteiger partial charge in [0.2, 0.25) is 5.91 Å². The Hall–Kier alpha value is -2.37. The van der Waals surface area contributed by atoms with Crippen LogP contribution in [0.2, 0.25) is 5.02 Å². The smallest absolute Gasteiger partial charge is 0.344 e. The number of amides is 1. The van der Waals surface area contributed by atoms with Crippen LogP contribution in [0.4, 0.5) is 11.4 Å². The summed E-state index contributed by atoms with van der Waals surface area (Å²) in [4.78, 5) is 34.3. The molecule has 0 bridgehead atoms. The first kappa shape index (κ1) is 19.4. The van der Waals surface area contributed by atoms with Crippen molar-refractivity contribution in [1.29, 1.82) is 0 Å². The Labute approximate surface area is 162 Å². The van der Waals surface area contributed by atoms with Crippen LogP contribution in [0.1, 0.15) is 12.8 Å². The van der Waals surface area contributed by atoms with Crippen LogP contribution in [0, 0.1) is 10.1 Å². The summed E-state index contributed by atoms with van der Waals surface area (Å²) in [5, 5.41) is 20.2. The number of ether oxygens (including phenoxy) is 1. The third-order valence-corrected chi connectivity index (χ3v) is 5.21. The number of thioether (sulfide) groups is 1. The van der Waals surface area contributed by atoms with E-state index in [1.807, 2.05) is 0 Å². The molecule has 1 aliphatic rings. The SMILES string of the molecule is O=C(CSc1n[nH]c(=O)n1CC1CCCO1)Nc1cc([N+](=O)[O-])ccc1Cl. The van der Waals surface area contributed by atoms with Crippen molar-refractivity contribution in [1.82, 2.24) is 14.8 Å². The molecule has 3 rings (SSSR count). The number of aromatic nitrogens is 3. The highest BCUT2D eigenvalue weighted by molar-refractivity contribution is 7.99. The lowest BCUT2D eigenvalue weighted by Gasteiger charge is -2.11. The molecule has 1 saturated heterocycles. The molecule has 144 valence electrons. The molecule has 1 amide bonds. The minimum absolute atomic E-state index is 0.0443. The topological polar surface area (TPSA) is 132 Å². The fraction of sp³-hybridized carbons (Fsp3) is 0.400. The maximum Gasteiger partial charge on any atom is 0.344 e. The number of halogens is 1. The number of nitro benzene ring substituents is 1. The van der Waals surface area contributed by atoms with Gasteiger partial charge in [0.05, 0.1) is 34.0 Å². The summed E-state index contributed by atoms with van der Waals surface area (Å²) in [5.41, 5.74) is -0.398. The number of H-pyrrole nitrogens is 1. The molecule has 2 N–H and O–H groups in total. The first-order valence-electron chi connectivity index (χ1n) is 8.07. The summed E-state index contributed by atoms with van der Waals surface area (Å²) in [6, 6.07) is 3.78. The molecule has 0 saturated carbocycles. The number of hydrogen-bond acceptors (Lipinski definition) is 7. The maximum atomic E-state index is 12.2. The molecule has 2 heterocycles. The number of carbonyl (C=O) groups excluding carboxylic acids is 1. The Balaban J connectivity index is 1.62. The number of rotatable bonds is 7. The van der Waals surface area contributed by atoms with Gasteiger partial charge in [-0.15, -0.1) is 5.10 Å². The van der Waals surface area contributed by atoms with Crippen molar-refractivity contribution in [3.63, 3.8) is 0 Å². The maximum absolute atomic E-state index is 12.2. The second-order valence-corrected chi connectivity index (χ2v) is 7.16. The van der Waals surface area contributed by atoms with E-state index in [1.54, 1.807) is 0 Å². The number of nitrogens with one attached hydrogen (secondary N) is 2. The van der Waals surface area contributed by atoms with Gasteiger partial charge in [-0.2, -0.15) is 0 Å². The molecule has 0 spiro atoms. The Kier molecular flexibility index (Phi) is 6.14. The number of nitrogens with zero attached hydrogens (tertiary/aromatic N) is 3. The van der Waals surface area contributed by atoms with Crippen LogP contribution < -0.4 is 11.0 Å². The number of carbonyl (C=O) groups is 1. The van der Waals surface area contributed by atoms with Crippen molar-refractivity contribution in [2.24, 2.45) is 0 Å². The van der Waals surface area contributed by atoms with Crippen molar-refractivity contribution in [2.75, 3.05) is 17.7 Å². The molecule has 1 aliphatic heterocycles. The largest absolute Gasteiger partial charge is 0.376 e.